The molecule has 0 saturated heterocycles. The molecule has 6 heteroatoms. The number of hydrogen-bond acceptors (Lipinski definition) is 5. The molecule has 2 rings (SSSR count). The van der Waals surface area contributed by atoms with Gasteiger partial charge in [0.2, 0.25) is 11.8 Å². The Morgan fingerprint density at radius 1 is 1.47 bits per heavy atom. The van der Waals surface area contributed by atoms with Gasteiger partial charge >= 0.3 is 5.97 Å². The summed E-state index contributed by atoms with van der Waals surface area (Å²) in [6, 6.07) is 7.78. The first-order chi connectivity index (χ1) is 9.06. The van der Waals surface area contributed by atoms with E-state index in [2.05, 4.69) is 10.2 Å². The Morgan fingerprint density at radius 2 is 2.26 bits per heavy atom. The molecular formula is C13H14N2O3S. The van der Waals surface area contributed by atoms with E-state index in [0.29, 0.717) is 17.5 Å². The number of aryl methyl sites for hydroxylation is 1. The summed E-state index contributed by atoms with van der Waals surface area (Å²) >= 11 is 1.25. The molecule has 1 aromatic heterocycles. The number of benzene rings is 1. The number of carbonyl (C=O) groups is 1. The van der Waals surface area contributed by atoms with Crippen molar-refractivity contribution in [3.05, 3.63) is 35.7 Å². The normalized spacial score (nSPS) is 12.3. The minimum Gasteiger partial charge on any atom is -0.480 e. The first kappa shape index (κ1) is 13.6. The molecule has 5 nitrogen and oxygen atoms in total. The van der Waals surface area contributed by atoms with Crippen molar-refractivity contribution in [2.45, 2.75) is 24.9 Å². The summed E-state index contributed by atoms with van der Waals surface area (Å²) in [5.74, 6) is 0.451. The first-order valence-corrected chi connectivity index (χ1v) is 6.85. The first-order valence-electron chi connectivity index (χ1n) is 5.80. The molecule has 1 unspecified atom stereocenters. The van der Waals surface area contributed by atoms with Gasteiger partial charge in [0.25, 0.3) is 0 Å². The predicted octanol–water partition coefficient (Wildman–Crippen LogP) is 2.75. The lowest BCUT2D eigenvalue weighted by molar-refractivity contribution is -0.136. The maximum atomic E-state index is 10.7. The Labute approximate surface area is 115 Å². The maximum Gasteiger partial charge on any atom is 0.316 e. The van der Waals surface area contributed by atoms with Gasteiger partial charge in [-0.1, -0.05) is 17.7 Å². The van der Waals surface area contributed by atoms with Crippen LogP contribution >= 0.6 is 11.8 Å². The lowest BCUT2D eigenvalue weighted by Gasteiger charge is -2.02. The van der Waals surface area contributed by atoms with Gasteiger partial charge in [0.05, 0.1) is 11.0 Å². The number of thioether (sulfide) groups is 1. The molecule has 0 saturated carbocycles. The van der Waals surface area contributed by atoms with Crippen LogP contribution in [0.1, 0.15) is 18.4 Å². The fraction of sp³-hybridized carbons (Fsp3) is 0.308. The van der Waals surface area contributed by atoms with Gasteiger partial charge in [-0.15, -0.1) is 22.0 Å². The zero-order valence-electron chi connectivity index (χ0n) is 10.7. The van der Waals surface area contributed by atoms with Gasteiger partial charge in [0.1, 0.15) is 0 Å². The van der Waals surface area contributed by atoms with Crippen molar-refractivity contribution in [3.63, 3.8) is 0 Å². The highest BCUT2D eigenvalue weighted by atomic mass is 32.2. The molecule has 0 spiro atoms. The number of carboxylic acids is 1. The van der Waals surface area contributed by atoms with Crippen molar-refractivity contribution in [3.8, 4) is 11.5 Å². The van der Waals surface area contributed by atoms with Gasteiger partial charge < -0.3 is 9.52 Å². The van der Waals surface area contributed by atoms with Crippen LogP contribution in [-0.2, 0) is 10.5 Å². The number of aromatic nitrogens is 2. The van der Waals surface area contributed by atoms with E-state index >= 15 is 0 Å². The van der Waals surface area contributed by atoms with Crippen LogP contribution in [0.3, 0.4) is 0 Å². The van der Waals surface area contributed by atoms with Crippen LogP contribution in [0.4, 0.5) is 0 Å². The fourth-order valence-corrected chi connectivity index (χ4v) is 2.13. The van der Waals surface area contributed by atoms with Gasteiger partial charge in [-0.05, 0) is 26.0 Å². The van der Waals surface area contributed by atoms with E-state index in [4.69, 9.17) is 9.52 Å². The largest absolute Gasteiger partial charge is 0.480 e. The molecule has 0 fully saturated rings. The predicted molar refractivity (Wildman–Crippen MR) is 72.9 cm³/mol. The SMILES string of the molecule is Cc1cccc(-c2nnc(CSC(C)C(=O)O)o2)c1. The van der Waals surface area contributed by atoms with Crippen LogP contribution < -0.4 is 0 Å². The second-order valence-electron chi connectivity index (χ2n) is 4.16. The molecule has 100 valence electrons. The number of hydrogen-bond donors (Lipinski definition) is 1. The highest BCUT2D eigenvalue weighted by Crippen LogP contribution is 2.22. The highest BCUT2D eigenvalue weighted by Gasteiger charge is 2.14. The minimum absolute atomic E-state index is 0.395. The third-order valence-electron chi connectivity index (χ3n) is 2.54. The van der Waals surface area contributed by atoms with Crippen LogP contribution in [0.15, 0.2) is 28.7 Å². The number of nitrogens with zero attached hydrogens (tertiary/aromatic N) is 2. The summed E-state index contributed by atoms with van der Waals surface area (Å²) in [5.41, 5.74) is 1.99. The monoisotopic (exact) mass is 278 g/mol. The van der Waals surface area contributed by atoms with Crippen LogP contribution in [0, 0.1) is 6.92 Å². The number of aliphatic carboxylic acids is 1. The van der Waals surface area contributed by atoms with E-state index in [1.165, 1.54) is 11.8 Å². The third-order valence-corrected chi connectivity index (χ3v) is 3.65. The molecule has 0 aliphatic rings. The molecule has 1 N–H and O–H groups in total. The Balaban J connectivity index is 2.05. The average molecular weight is 278 g/mol. The molecule has 0 radical (unpaired) electrons. The van der Waals surface area contributed by atoms with E-state index < -0.39 is 11.2 Å². The second kappa shape index (κ2) is 5.88. The molecular weight excluding hydrogens is 264 g/mol. The zero-order chi connectivity index (χ0) is 13.8. The zero-order valence-corrected chi connectivity index (χ0v) is 11.5. The molecule has 19 heavy (non-hydrogen) atoms. The number of carboxylic acid groups (broad SMARTS) is 1. The van der Waals surface area contributed by atoms with Gasteiger partial charge in [0.15, 0.2) is 0 Å². The fourth-order valence-electron chi connectivity index (χ4n) is 1.47. The Morgan fingerprint density at radius 3 is 2.95 bits per heavy atom. The molecule has 0 amide bonds. The molecule has 0 aliphatic carbocycles. The van der Waals surface area contributed by atoms with E-state index in [1.54, 1.807) is 6.92 Å². The van der Waals surface area contributed by atoms with Crippen molar-refractivity contribution < 1.29 is 14.3 Å². The molecule has 1 aromatic carbocycles. The Kier molecular flexibility index (Phi) is 4.21. The summed E-state index contributed by atoms with van der Waals surface area (Å²) in [7, 11) is 0. The lowest BCUT2D eigenvalue weighted by Crippen LogP contribution is -2.11. The summed E-state index contributed by atoms with van der Waals surface area (Å²) in [6.45, 7) is 3.62. The van der Waals surface area contributed by atoms with E-state index in [1.807, 2.05) is 31.2 Å². The van der Waals surface area contributed by atoms with Crippen molar-refractivity contribution in [1.82, 2.24) is 10.2 Å². The van der Waals surface area contributed by atoms with Crippen molar-refractivity contribution in [2.24, 2.45) is 0 Å². The minimum atomic E-state index is -0.844. The van der Waals surface area contributed by atoms with Gasteiger partial charge in [-0.25, -0.2) is 0 Å². The standard InChI is InChI=1S/C13H14N2O3S/c1-8-4-3-5-10(6-8)12-15-14-11(18-12)7-19-9(2)13(16)17/h3-6,9H,7H2,1-2H3,(H,16,17). The summed E-state index contributed by atoms with van der Waals surface area (Å²) in [5, 5.41) is 16.2. The highest BCUT2D eigenvalue weighted by molar-refractivity contribution is 7.99. The number of rotatable bonds is 5. The summed E-state index contributed by atoms with van der Waals surface area (Å²) in [4.78, 5) is 10.7. The van der Waals surface area contributed by atoms with Crippen LogP contribution in [-0.4, -0.2) is 26.5 Å². The maximum absolute atomic E-state index is 10.7. The second-order valence-corrected chi connectivity index (χ2v) is 5.49. The third kappa shape index (κ3) is 3.57. The Hall–Kier alpha value is -1.82. The van der Waals surface area contributed by atoms with Crippen LogP contribution in [0.5, 0.6) is 0 Å². The molecule has 2 aromatic rings. The van der Waals surface area contributed by atoms with Crippen LogP contribution in [0.2, 0.25) is 0 Å². The Bertz CT molecular complexity index is 583. The van der Waals surface area contributed by atoms with Crippen molar-refractivity contribution in [2.75, 3.05) is 0 Å². The molecule has 0 bridgehead atoms. The van der Waals surface area contributed by atoms with E-state index in [9.17, 15) is 4.79 Å². The average Bonchev–Trinajstić information content (AvgIpc) is 2.84. The lowest BCUT2D eigenvalue weighted by atomic mass is 10.1. The van der Waals surface area contributed by atoms with Crippen molar-refractivity contribution in [1.29, 1.82) is 0 Å². The summed E-state index contributed by atoms with van der Waals surface area (Å²) in [6.07, 6.45) is 0. The van der Waals surface area contributed by atoms with Gasteiger partial charge in [-0.3, -0.25) is 4.79 Å². The van der Waals surface area contributed by atoms with Crippen molar-refractivity contribution >= 4 is 17.7 Å². The van der Waals surface area contributed by atoms with E-state index in [0.717, 1.165) is 11.1 Å². The van der Waals surface area contributed by atoms with E-state index in [-0.39, 0.29) is 0 Å². The molecule has 0 aliphatic heterocycles. The smallest absolute Gasteiger partial charge is 0.316 e. The molecule has 1 atom stereocenters. The molecule has 1 heterocycles. The van der Waals surface area contributed by atoms with Crippen LogP contribution in [0.25, 0.3) is 11.5 Å². The summed E-state index contributed by atoms with van der Waals surface area (Å²) < 4.78 is 5.52. The quantitative estimate of drug-likeness (QED) is 0.906. The van der Waals surface area contributed by atoms with Gasteiger partial charge in [0, 0.05) is 5.56 Å². The topological polar surface area (TPSA) is 76.2 Å². The van der Waals surface area contributed by atoms with Gasteiger partial charge in [-0.2, -0.15) is 0 Å².